The molecule has 1 N–H and O–H groups in total. The standard InChI is InChI=1S/C13H15N3O3S/c1-8-5-16(6-9(8)13(17)18)7-11-14-12(15-19-11)10-3-2-4-20-10/h2-4,8-9H,5-7H2,1H3,(H,17,18)/t8-,9-/m1/s1. The van der Waals surface area contributed by atoms with E-state index < -0.39 is 5.97 Å². The van der Waals surface area contributed by atoms with Crippen molar-refractivity contribution in [2.24, 2.45) is 11.8 Å². The molecule has 2 aromatic heterocycles. The van der Waals surface area contributed by atoms with Gasteiger partial charge in [0.05, 0.1) is 17.3 Å². The lowest BCUT2D eigenvalue weighted by Crippen LogP contribution is -2.23. The molecule has 0 saturated carbocycles. The molecule has 0 radical (unpaired) electrons. The molecule has 1 aliphatic heterocycles. The van der Waals surface area contributed by atoms with Crippen molar-refractivity contribution in [2.45, 2.75) is 13.5 Å². The minimum absolute atomic E-state index is 0.146. The Hall–Kier alpha value is -1.73. The molecule has 20 heavy (non-hydrogen) atoms. The van der Waals surface area contributed by atoms with Gasteiger partial charge >= 0.3 is 5.97 Å². The van der Waals surface area contributed by atoms with Crippen LogP contribution in [0.1, 0.15) is 12.8 Å². The van der Waals surface area contributed by atoms with Crippen LogP contribution in [0.3, 0.4) is 0 Å². The smallest absolute Gasteiger partial charge is 0.308 e. The Bertz CT molecular complexity index is 596. The number of nitrogens with zero attached hydrogens (tertiary/aromatic N) is 3. The molecule has 1 fully saturated rings. The second kappa shape index (κ2) is 5.34. The van der Waals surface area contributed by atoms with E-state index in [1.807, 2.05) is 24.4 Å². The zero-order valence-corrected chi connectivity index (χ0v) is 11.8. The number of hydrogen-bond acceptors (Lipinski definition) is 6. The second-order valence-electron chi connectivity index (χ2n) is 5.11. The van der Waals surface area contributed by atoms with Gasteiger partial charge in [-0.15, -0.1) is 11.3 Å². The van der Waals surface area contributed by atoms with E-state index in [-0.39, 0.29) is 11.8 Å². The van der Waals surface area contributed by atoms with E-state index in [2.05, 4.69) is 15.0 Å². The summed E-state index contributed by atoms with van der Waals surface area (Å²) in [5, 5.41) is 15.0. The molecule has 7 heteroatoms. The van der Waals surface area contributed by atoms with Crippen LogP contribution in [-0.4, -0.2) is 39.2 Å². The van der Waals surface area contributed by atoms with Crippen molar-refractivity contribution in [1.82, 2.24) is 15.0 Å². The largest absolute Gasteiger partial charge is 0.481 e. The van der Waals surface area contributed by atoms with E-state index in [0.717, 1.165) is 11.4 Å². The van der Waals surface area contributed by atoms with Crippen molar-refractivity contribution < 1.29 is 14.4 Å². The molecule has 1 saturated heterocycles. The van der Waals surface area contributed by atoms with Crippen LogP contribution in [0.4, 0.5) is 0 Å². The maximum Gasteiger partial charge on any atom is 0.308 e. The van der Waals surface area contributed by atoms with Crippen LogP contribution >= 0.6 is 11.3 Å². The van der Waals surface area contributed by atoms with Crippen LogP contribution in [0.15, 0.2) is 22.0 Å². The molecule has 0 bridgehead atoms. The van der Waals surface area contributed by atoms with Crippen molar-refractivity contribution in [3.8, 4) is 10.7 Å². The number of carboxylic acid groups (broad SMARTS) is 1. The predicted molar refractivity (Wildman–Crippen MR) is 73.2 cm³/mol. The van der Waals surface area contributed by atoms with E-state index in [0.29, 0.717) is 24.8 Å². The quantitative estimate of drug-likeness (QED) is 0.928. The Morgan fingerprint density at radius 2 is 2.45 bits per heavy atom. The van der Waals surface area contributed by atoms with Crippen LogP contribution in [0.25, 0.3) is 10.7 Å². The summed E-state index contributed by atoms with van der Waals surface area (Å²) in [4.78, 5) is 18.5. The molecule has 2 aromatic rings. The third-order valence-electron chi connectivity index (χ3n) is 3.57. The SMILES string of the molecule is C[C@@H]1CN(Cc2nc(-c3cccs3)no2)C[C@H]1C(=O)O. The van der Waals surface area contributed by atoms with Gasteiger partial charge in [-0.2, -0.15) is 4.98 Å². The van der Waals surface area contributed by atoms with Crippen LogP contribution < -0.4 is 0 Å². The van der Waals surface area contributed by atoms with E-state index in [9.17, 15) is 4.79 Å². The van der Waals surface area contributed by atoms with Gasteiger partial charge in [0, 0.05) is 13.1 Å². The first-order valence-electron chi connectivity index (χ1n) is 6.45. The molecule has 106 valence electrons. The fraction of sp³-hybridized carbons (Fsp3) is 0.462. The average Bonchev–Trinajstić information content (AvgIpc) is 3.09. The van der Waals surface area contributed by atoms with Gasteiger partial charge < -0.3 is 9.63 Å². The van der Waals surface area contributed by atoms with Gasteiger partial charge in [-0.3, -0.25) is 9.69 Å². The van der Waals surface area contributed by atoms with Gasteiger partial charge in [-0.1, -0.05) is 18.1 Å². The van der Waals surface area contributed by atoms with E-state index in [4.69, 9.17) is 9.63 Å². The fourth-order valence-corrected chi connectivity index (χ4v) is 3.18. The minimum Gasteiger partial charge on any atom is -0.481 e. The monoisotopic (exact) mass is 293 g/mol. The summed E-state index contributed by atoms with van der Waals surface area (Å²) >= 11 is 1.56. The summed E-state index contributed by atoms with van der Waals surface area (Å²) in [5.41, 5.74) is 0. The van der Waals surface area contributed by atoms with E-state index in [1.54, 1.807) is 11.3 Å². The Labute approximate surface area is 120 Å². The lowest BCUT2D eigenvalue weighted by molar-refractivity contribution is -0.142. The molecule has 0 aliphatic carbocycles. The number of carboxylic acids is 1. The average molecular weight is 293 g/mol. The van der Waals surface area contributed by atoms with E-state index in [1.165, 1.54) is 0 Å². The lowest BCUT2D eigenvalue weighted by Gasteiger charge is -2.11. The minimum atomic E-state index is -0.732. The van der Waals surface area contributed by atoms with Gasteiger partial charge in [0.15, 0.2) is 0 Å². The van der Waals surface area contributed by atoms with Gasteiger partial charge in [0.1, 0.15) is 0 Å². The number of aromatic nitrogens is 2. The van der Waals surface area contributed by atoms with Crippen molar-refractivity contribution in [3.63, 3.8) is 0 Å². The Kier molecular flexibility index (Phi) is 3.54. The first-order valence-corrected chi connectivity index (χ1v) is 7.33. The molecule has 2 atom stereocenters. The number of likely N-dealkylation sites (tertiary alicyclic amines) is 1. The normalized spacial score (nSPS) is 23.2. The lowest BCUT2D eigenvalue weighted by atomic mass is 9.99. The molecular weight excluding hydrogens is 278 g/mol. The molecule has 3 rings (SSSR count). The van der Waals surface area contributed by atoms with Gasteiger partial charge in [-0.25, -0.2) is 0 Å². The molecule has 3 heterocycles. The molecule has 6 nitrogen and oxygen atoms in total. The maximum absolute atomic E-state index is 11.1. The topological polar surface area (TPSA) is 79.5 Å². The molecule has 0 spiro atoms. The predicted octanol–water partition coefficient (Wildman–Crippen LogP) is 1.95. The number of rotatable bonds is 4. The third kappa shape index (κ3) is 2.59. The Balaban J connectivity index is 1.66. The highest BCUT2D eigenvalue weighted by Crippen LogP contribution is 2.25. The molecule has 0 aromatic carbocycles. The van der Waals surface area contributed by atoms with E-state index >= 15 is 0 Å². The Morgan fingerprint density at radius 1 is 1.60 bits per heavy atom. The summed E-state index contributed by atoms with van der Waals surface area (Å²) in [6, 6.07) is 3.88. The molecule has 1 aliphatic rings. The number of carbonyl (C=O) groups is 1. The summed E-state index contributed by atoms with van der Waals surface area (Å²) < 4.78 is 5.24. The summed E-state index contributed by atoms with van der Waals surface area (Å²) in [6.45, 7) is 3.75. The number of aliphatic carboxylic acids is 1. The summed E-state index contributed by atoms with van der Waals surface area (Å²) in [7, 11) is 0. The van der Waals surface area contributed by atoms with Crippen LogP contribution in [0, 0.1) is 11.8 Å². The fourth-order valence-electron chi connectivity index (χ4n) is 2.53. The molecular formula is C13H15N3O3S. The summed E-state index contributed by atoms with van der Waals surface area (Å²) in [6.07, 6.45) is 0. The zero-order valence-electron chi connectivity index (χ0n) is 11.0. The van der Waals surface area contributed by atoms with Gasteiger partial charge in [0.2, 0.25) is 11.7 Å². The number of thiophene rings is 1. The highest BCUT2D eigenvalue weighted by molar-refractivity contribution is 7.13. The maximum atomic E-state index is 11.1. The first kappa shape index (κ1) is 13.3. The van der Waals surface area contributed by atoms with Gasteiger partial charge in [0.25, 0.3) is 0 Å². The van der Waals surface area contributed by atoms with Crippen molar-refractivity contribution in [3.05, 3.63) is 23.4 Å². The van der Waals surface area contributed by atoms with Crippen molar-refractivity contribution >= 4 is 17.3 Å². The molecule has 0 unspecified atom stereocenters. The van der Waals surface area contributed by atoms with Crippen LogP contribution in [0.2, 0.25) is 0 Å². The molecule has 0 amide bonds. The Morgan fingerprint density at radius 3 is 3.10 bits per heavy atom. The summed E-state index contributed by atoms with van der Waals surface area (Å²) in [5.74, 6) is 0.232. The first-order chi connectivity index (χ1) is 9.63. The number of hydrogen-bond donors (Lipinski definition) is 1. The highest BCUT2D eigenvalue weighted by Gasteiger charge is 2.35. The second-order valence-corrected chi connectivity index (χ2v) is 6.05. The van der Waals surface area contributed by atoms with Crippen LogP contribution in [-0.2, 0) is 11.3 Å². The van der Waals surface area contributed by atoms with Gasteiger partial charge in [-0.05, 0) is 17.4 Å². The van der Waals surface area contributed by atoms with Crippen molar-refractivity contribution in [1.29, 1.82) is 0 Å². The zero-order chi connectivity index (χ0) is 14.1. The third-order valence-corrected chi connectivity index (χ3v) is 4.44. The highest BCUT2D eigenvalue weighted by atomic mass is 32.1. The van der Waals surface area contributed by atoms with Crippen LogP contribution in [0.5, 0.6) is 0 Å². The van der Waals surface area contributed by atoms with Crippen molar-refractivity contribution in [2.75, 3.05) is 13.1 Å².